The summed E-state index contributed by atoms with van der Waals surface area (Å²) in [5, 5.41) is 18.4. The zero-order chi connectivity index (χ0) is 14.8. The number of nitrogens with one attached hydrogen (secondary N) is 1. The molecule has 2 aromatic heterocycles. The van der Waals surface area contributed by atoms with E-state index in [0.29, 0.717) is 16.7 Å². The predicted molar refractivity (Wildman–Crippen MR) is 73.4 cm³/mol. The Bertz CT molecular complexity index is 600. The molecule has 0 radical (unpaired) electrons. The fourth-order valence-corrected chi connectivity index (χ4v) is 2.28. The highest BCUT2D eigenvalue weighted by atomic mass is 32.2. The van der Waals surface area contributed by atoms with Gasteiger partial charge in [0.1, 0.15) is 5.76 Å². The van der Waals surface area contributed by atoms with Crippen molar-refractivity contribution in [2.24, 2.45) is 0 Å². The summed E-state index contributed by atoms with van der Waals surface area (Å²) in [7, 11) is 0. The van der Waals surface area contributed by atoms with E-state index in [1.54, 1.807) is 17.7 Å². The van der Waals surface area contributed by atoms with E-state index >= 15 is 0 Å². The summed E-state index contributed by atoms with van der Waals surface area (Å²) in [6, 6.07) is 1.65. The normalized spacial score (nSPS) is 11.6. The first-order valence-corrected chi connectivity index (χ1v) is 6.99. The van der Waals surface area contributed by atoms with Gasteiger partial charge in [0, 0.05) is 6.07 Å². The van der Waals surface area contributed by atoms with Gasteiger partial charge in [0.15, 0.2) is 5.82 Å². The van der Waals surface area contributed by atoms with Crippen molar-refractivity contribution in [3.63, 3.8) is 0 Å². The number of thioether (sulfide) groups is 1. The molecule has 0 saturated carbocycles. The number of aromatic nitrogens is 5. The van der Waals surface area contributed by atoms with Crippen LogP contribution in [0.15, 0.2) is 15.7 Å². The van der Waals surface area contributed by atoms with Gasteiger partial charge in [-0.2, -0.15) is 0 Å². The fourth-order valence-electron chi connectivity index (χ4n) is 1.42. The van der Waals surface area contributed by atoms with Crippen molar-refractivity contribution in [2.75, 3.05) is 11.1 Å². The maximum atomic E-state index is 11.8. The van der Waals surface area contributed by atoms with Crippen LogP contribution in [0.1, 0.15) is 26.5 Å². The minimum atomic E-state index is -0.231. The number of carbonyl (C=O) groups is 1. The molecule has 2 heterocycles. The molecule has 0 saturated heterocycles. The fraction of sp³-hybridized carbons (Fsp3) is 0.545. The van der Waals surface area contributed by atoms with Gasteiger partial charge in [-0.3, -0.25) is 4.79 Å². The number of rotatable bonds is 4. The van der Waals surface area contributed by atoms with E-state index in [9.17, 15) is 4.79 Å². The van der Waals surface area contributed by atoms with Gasteiger partial charge in [-0.25, -0.2) is 4.68 Å². The Morgan fingerprint density at radius 2 is 2.25 bits per heavy atom. The molecule has 8 nitrogen and oxygen atoms in total. The third-order valence-corrected chi connectivity index (χ3v) is 3.22. The second-order valence-electron chi connectivity index (χ2n) is 5.20. The van der Waals surface area contributed by atoms with Gasteiger partial charge >= 0.3 is 0 Å². The third-order valence-electron chi connectivity index (χ3n) is 2.30. The highest BCUT2D eigenvalue weighted by molar-refractivity contribution is 7.99. The van der Waals surface area contributed by atoms with E-state index in [4.69, 9.17) is 4.52 Å². The first-order chi connectivity index (χ1) is 9.36. The van der Waals surface area contributed by atoms with Crippen molar-refractivity contribution >= 4 is 23.5 Å². The van der Waals surface area contributed by atoms with Crippen molar-refractivity contribution in [3.8, 4) is 0 Å². The minimum absolute atomic E-state index is 0.188. The van der Waals surface area contributed by atoms with E-state index in [1.165, 1.54) is 11.8 Å². The molecular weight excluding hydrogens is 280 g/mol. The van der Waals surface area contributed by atoms with Crippen LogP contribution >= 0.6 is 11.8 Å². The Kier molecular flexibility index (Phi) is 4.07. The quantitative estimate of drug-likeness (QED) is 0.852. The predicted octanol–water partition coefficient (Wildman–Crippen LogP) is 1.46. The van der Waals surface area contributed by atoms with E-state index < -0.39 is 0 Å². The maximum Gasteiger partial charge on any atom is 0.236 e. The summed E-state index contributed by atoms with van der Waals surface area (Å²) in [5.41, 5.74) is -0.231. The summed E-state index contributed by atoms with van der Waals surface area (Å²) >= 11 is 1.27. The van der Waals surface area contributed by atoms with Crippen molar-refractivity contribution in [1.82, 2.24) is 25.4 Å². The molecule has 2 aromatic rings. The molecule has 1 N–H and O–H groups in total. The second kappa shape index (κ2) is 5.61. The molecular formula is C11H16N6O2S. The molecule has 108 valence electrons. The molecule has 2 rings (SSSR count). The highest BCUT2D eigenvalue weighted by Crippen LogP contribution is 2.21. The molecule has 0 aliphatic carbocycles. The van der Waals surface area contributed by atoms with E-state index in [1.807, 2.05) is 20.8 Å². The lowest BCUT2D eigenvalue weighted by Gasteiger charge is -2.19. The van der Waals surface area contributed by atoms with Crippen LogP contribution in [0.25, 0.3) is 0 Å². The Labute approximate surface area is 120 Å². The summed E-state index contributed by atoms with van der Waals surface area (Å²) in [5.74, 6) is 1.06. The van der Waals surface area contributed by atoms with Gasteiger partial charge in [0.25, 0.3) is 0 Å². The van der Waals surface area contributed by atoms with Gasteiger partial charge in [-0.1, -0.05) is 16.9 Å². The Balaban J connectivity index is 1.92. The summed E-state index contributed by atoms with van der Waals surface area (Å²) in [4.78, 5) is 11.8. The Morgan fingerprint density at radius 1 is 1.50 bits per heavy atom. The van der Waals surface area contributed by atoms with Crippen LogP contribution < -0.4 is 5.32 Å². The van der Waals surface area contributed by atoms with Crippen LogP contribution in [0.5, 0.6) is 0 Å². The zero-order valence-electron chi connectivity index (χ0n) is 11.7. The van der Waals surface area contributed by atoms with Gasteiger partial charge in [0.2, 0.25) is 11.1 Å². The number of aryl methyl sites for hydroxylation is 1. The number of tetrazole rings is 1. The Hall–Kier alpha value is -1.90. The SMILES string of the molecule is Cc1cc(NC(=O)CSc2nnnn2C(C)(C)C)no1. The van der Waals surface area contributed by atoms with Gasteiger partial charge < -0.3 is 9.84 Å². The zero-order valence-corrected chi connectivity index (χ0v) is 12.6. The lowest BCUT2D eigenvalue weighted by Crippen LogP contribution is -2.24. The molecule has 0 spiro atoms. The van der Waals surface area contributed by atoms with Crippen LogP contribution in [-0.2, 0) is 10.3 Å². The van der Waals surface area contributed by atoms with E-state index in [-0.39, 0.29) is 17.2 Å². The molecule has 0 unspecified atom stereocenters. The number of nitrogens with zero attached hydrogens (tertiary/aromatic N) is 5. The lowest BCUT2D eigenvalue weighted by atomic mass is 10.1. The molecule has 9 heteroatoms. The van der Waals surface area contributed by atoms with Crippen molar-refractivity contribution in [3.05, 3.63) is 11.8 Å². The van der Waals surface area contributed by atoms with Crippen LogP contribution in [0.4, 0.5) is 5.82 Å². The van der Waals surface area contributed by atoms with Crippen molar-refractivity contribution in [2.45, 2.75) is 38.4 Å². The Morgan fingerprint density at radius 3 is 2.85 bits per heavy atom. The van der Waals surface area contributed by atoms with Crippen LogP contribution in [0, 0.1) is 6.92 Å². The molecule has 0 bridgehead atoms. The third kappa shape index (κ3) is 3.56. The average molecular weight is 296 g/mol. The monoisotopic (exact) mass is 296 g/mol. The van der Waals surface area contributed by atoms with Crippen LogP contribution in [-0.4, -0.2) is 37.0 Å². The second-order valence-corrected chi connectivity index (χ2v) is 6.15. The molecule has 1 amide bonds. The smallest absolute Gasteiger partial charge is 0.236 e. The van der Waals surface area contributed by atoms with E-state index in [0.717, 1.165) is 0 Å². The summed E-state index contributed by atoms with van der Waals surface area (Å²) in [6.07, 6.45) is 0. The molecule has 0 aliphatic rings. The highest BCUT2D eigenvalue weighted by Gasteiger charge is 2.20. The standard InChI is InChI=1S/C11H16N6O2S/c1-7-5-8(14-19-7)12-9(18)6-20-10-13-15-16-17(10)11(2,3)4/h5H,6H2,1-4H3,(H,12,14,18). The molecule has 20 heavy (non-hydrogen) atoms. The van der Waals surface area contributed by atoms with Gasteiger partial charge in [-0.15, -0.1) is 5.10 Å². The lowest BCUT2D eigenvalue weighted by molar-refractivity contribution is -0.113. The van der Waals surface area contributed by atoms with Crippen molar-refractivity contribution < 1.29 is 9.32 Å². The van der Waals surface area contributed by atoms with Crippen molar-refractivity contribution in [1.29, 1.82) is 0 Å². The number of carbonyl (C=O) groups excluding carboxylic acids is 1. The van der Waals surface area contributed by atoms with Crippen LogP contribution in [0.3, 0.4) is 0 Å². The molecule has 0 fully saturated rings. The first kappa shape index (κ1) is 14.5. The molecule has 0 aliphatic heterocycles. The van der Waals surface area contributed by atoms with Crippen LogP contribution in [0.2, 0.25) is 0 Å². The summed E-state index contributed by atoms with van der Waals surface area (Å²) < 4.78 is 6.56. The number of hydrogen-bond donors (Lipinski definition) is 1. The van der Waals surface area contributed by atoms with Gasteiger partial charge in [-0.05, 0) is 38.1 Å². The first-order valence-electron chi connectivity index (χ1n) is 6.01. The number of anilines is 1. The maximum absolute atomic E-state index is 11.8. The molecule has 0 aromatic carbocycles. The molecule has 0 atom stereocenters. The van der Waals surface area contributed by atoms with E-state index in [2.05, 4.69) is 26.0 Å². The number of amides is 1. The summed E-state index contributed by atoms with van der Waals surface area (Å²) in [6.45, 7) is 7.73. The van der Waals surface area contributed by atoms with Gasteiger partial charge in [0.05, 0.1) is 11.3 Å². The topological polar surface area (TPSA) is 98.7 Å². The minimum Gasteiger partial charge on any atom is -0.360 e. The average Bonchev–Trinajstić information content (AvgIpc) is 2.94. The number of hydrogen-bond acceptors (Lipinski definition) is 7. The largest absolute Gasteiger partial charge is 0.360 e.